The molecule has 54 heavy (non-hydrogen) atoms. The largest absolute Gasteiger partial charge is 0.464 e. The normalized spacial score (nSPS) is 24.9. The first-order valence-electron chi connectivity index (χ1n) is 18.4. The highest BCUT2D eigenvalue weighted by Crippen LogP contribution is 2.62. The van der Waals surface area contributed by atoms with Crippen LogP contribution < -0.4 is 4.90 Å². The van der Waals surface area contributed by atoms with E-state index in [0.29, 0.717) is 47.4 Å². The predicted octanol–water partition coefficient (Wildman–Crippen LogP) is 6.59. The zero-order chi connectivity index (χ0) is 38.4. The lowest BCUT2D eigenvalue weighted by molar-refractivity contribution is -0.187. The maximum atomic E-state index is 13.6. The minimum Gasteiger partial charge on any atom is -0.464 e. The van der Waals surface area contributed by atoms with Gasteiger partial charge < -0.3 is 19.1 Å². The van der Waals surface area contributed by atoms with E-state index in [9.17, 15) is 27.6 Å². The molecule has 2 aromatic carbocycles. The van der Waals surface area contributed by atoms with Crippen LogP contribution in [0.25, 0.3) is 5.69 Å². The van der Waals surface area contributed by atoms with Crippen molar-refractivity contribution in [1.82, 2.24) is 19.9 Å². The van der Waals surface area contributed by atoms with Crippen LogP contribution >= 0.6 is 0 Å². The van der Waals surface area contributed by atoms with Gasteiger partial charge in [-0.3, -0.25) is 4.79 Å². The number of esters is 1. The second-order valence-electron chi connectivity index (χ2n) is 15.6. The second-order valence-corrected chi connectivity index (χ2v) is 15.6. The van der Waals surface area contributed by atoms with Gasteiger partial charge in [0.15, 0.2) is 6.10 Å². The monoisotopic (exact) mass is 748 g/mol. The summed E-state index contributed by atoms with van der Waals surface area (Å²) >= 11 is 0. The molecule has 0 radical (unpaired) electrons. The van der Waals surface area contributed by atoms with Gasteiger partial charge in [-0.25, -0.2) is 19.2 Å². The predicted molar refractivity (Wildman–Crippen MR) is 187 cm³/mol. The molecule has 1 unspecified atom stereocenters. The number of alkyl halides is 3. The Morgan fingerprint density at radius 1 is 1.00 bits per heavy atom. The lowest BCUT2D eigenvalue weighted by atomic mass is 9.48. The van der Waals surface area contributed by atoms with E-state index >= 15 is 0 Å². The van der Waals surface area contributed by atoms with Gasteiger partial charge in [0.05, 0.1) is 61.2 Å². The van der Waals surface area contributed by atoms with Gasteiger partial charge in [0.1, 0.15) is 11.2 Å². The van der Waals surface area contributed by atoms with Gasteiger partial charge in [0.2, 0.25) is 0 Å². The number of nitrogens with zero attached hydrogens (tertiary/aromatic N) is 6. The Hall–Kier alpha value is -4.81. The van der Waals surface area contributed by atoms with Crippen LogP contribution in [0.3, 0.4) is 0 Å². The van der Waals surface area contributed by atoms with Crippen molar-refractivity contribution in [2.45, 2.75) is 90.3 Å². The third-order valence-corrected chi connectivity index (χ3v) is 11.5. The van der Waals surface area contributed by atoms with Gasteiger partial charge in [0.25, 0.3) is 5.91 Å². The lowest BCUT2D eigenvalue weighted by Gasteiger charge is -2.58. The molecule has 0 spiro atoms. The molecule has 15 heteroatoms. The first-order valence-corrected chi connectivity index (χ1v) is 18.4. The molecule has 3 aromatic rings. The number of rotatable bonds is 13. The second kappa shape index (κ2) is 14.4. The third-order valence-electron chi connectivity index (χ3n) is 11.5. The maximum absolute atomic E-state index is 13.6. The summed E-state index contributed by atoms with van der Waals surface area (Å²) in [4.78, 5) is 42.0. The van der Waals surface area contributed by atoms with Crippen molar-refractivity contribution in [3.63, 3.8) is 0 Å². The fourth-order valence-corrected chi connectivity index (χ4v) is 9.37. The van der Waals surface area contributed by atoms with Crippen molar-refractivity contribution in [2.75, 3.05) is 24.7 Å². The zero-order valence-electron chi connectivity index (χ0n) is 30.5. The summed E-state index contributed by atoms with van der Waals surface area (Å²) in [6, 6.07) is 10.6. The molecule has 12 nitrogen and oxygen atoms in total. The average molecular weight is 749 g/mol. The SMILES string of the molecule is CCOC(=O)C(OCCOCc1cn(-c2ccc(CN3C(=O)N(c4ccc(C#N)c(C(F)(F)F)c4)C(=O)C3(C)C)cc2)nn1)C12CC3CC(CC(C3)C1)C2. The van der Waals surface area contributed by atoms with Crippen LogP contribution in [0.1, 0.15) is 81.7 Å². The van der Waals surface area contributed by atoms with E-state index in [1.54, 1.807) is 35.1 Å². The highest BCUT2D eigenvalue weighted by atomic mass is 19.4. The quantitative estimate of drug-likeness (QED) is 0.108. The molecule has 5 fully saturated rings. The smallest absolute Gasteiger partial charge is 0.417 e. The molecule has 3 amide bonds. The summed E-state index contributed by atoms with van der Waals surface area (Å²) < 4.78 is 60.0. The molecule has 4 aliphatic carbocycles. The number of benzene rings is 2. The van der Waals surface area contributed by atoms with Crippen molar-refractivity contribution in [3.8, 4) is 11.8 Å². The van der Waals surface area contributed by atoms with Crippen molar-refractivity contribution >= 4 is 23.6 Å². The van der Waals surface area contributed by atoms with E-state index in [1.165, 1.54) is 44.1 Å². The number of amides is 3. The molecule has 1 aromatic heterocycles. The molecule has 8 rings (SSSR count). The summed E-state index contributed by atoms with van der Waals surface area (Å²) in [6.45, 7) is 5.91. The third kappa shape index (κ3) is 7.09. The van der Waals surface area contributed by atoms with Crippen LogP contribution in [0, 0.1) is 34.5 Å². The van der Waals surface area contributed by atoms with Crippen molar-refractivity contribution < 1.29 is 41.8 Å². The number of nitriles is 1. The van der Waals surface area contributed by atoms with Crippen molar-refractivity contribution in [3.05, 3.63) is 71.0 Å². The molecule has 5 aliphatic rings. The summed E-state index contributed by atoms with van der Waals surface area (Å²) in [5.74, 6) is 1.06. The van der Waals surface area contributed by atoms with E-state index in [-0.39, 0.29) is 43.4 Å². The molecule has 1 aliphatic heterocycles. The van der Waals surface area contributed by atoms with Crippen molar-refractivity contribution in [2.24, 2.45) is 23.2 Å². The van der Waals surface area contributed by atoms with Crippen LogP contribution in [0.4, 0.5) is 23.7 Å². The Morgan fingerprint density at radius 2 is 1.65 bits per heavy atom. The number of urea groups is 1. The van der Waals surface area contributed by atoms with Crippen LogP contribution in [-0.2, 0) is 43.1 Å². The Labute approximate surface area is 311 Å². The summed E-state index contributed by atoms with van der Waals surface area (Å²) in [6.07, 6.45) is 3.17. The molecule has 0 N–H and O–H groups in total. The highest BCUT2D eigenvalue weighted by molar-refractivity contribution is 6.23. The van der Waals surface area contributed by atoms with Crippen LogP contribution in [0.5, 0.6) is 0 Å². The van der Waals surface area contributed by atoms with E-state index in [4.69, 9.17) is 19.5 Å². The number of halogens is 3. The molecular weight excluding hydrogens is 705 g/mol. The lowest BCUT2D eigenvalue weighted by Crippen LogP contribution is -2.55. The Kier molecular flexibility index (Phi) is 10.0. The fourth-order valence-electron chi connectivity index (χ4n) is 9.37. The first kappa shape index (κ1) is 37.5. The molecule has 1 saturated heterocycles. The number of hydrogen-bond donors (Lipinski definition) is 0. The average Bonchev–Trinajstić information content (AvgIpc) is 3.65. The van der Waals surface area contributed by atoms with Crippen LogP contribution in [0.2, 0.25) is 0 Å². The maximum Gasteiger partial charge on any atom is 0.417 e. The topological polar surface area (TPSA) is 140 Å². The molecule has 2 heterocycles. The van der Waals surface area contributed by atoms with E-state index in [2.05, 4.69) is 10.3 Å². The number of carbonyl (C=O) groups excluding carboxylic acids is 3. The summed E-state index contributed by atoms with van der Waals surface area (Å²) in [7, 11) is 0. The van der Waals surface area contributed by atoms with Gasteiger partial charge >= 0.3 is 18.2 Å². The first-order chi connectivity index (χ1) is 25.7. The van der Waals surface area contributed by atoms with Gasteiger partial charge in [0, 0.05) is 12.0 Å². The summed E-state index contributed by atoms with van der Waals surface area (Å²) in [5, 5.41) is 17.6. The van der Waals surface area contributed by atoms with Gasteiger partial charge in [-0.05, 0) is 113 Å². The number of imide groups is 1. The number of ether oxygens (including phenoxy) is 3. The molecular formula is C39H43F3N6O6. The highest BCUT2D eigenvalue weighted by Gasteiger charge is 2.57. The number of hydrogen-bond acceptors (Lipinski definition) is 9. The Morgan fingerprint density at radius 3 is 2.26 bits per heavy atom. The van der Waals surface area contributed by atoms with Gasteiger partial charge in [-0.1, -0.05) is 17.3 Å². The molecule has 4 bridgehead atoms. The molecule has 286 valence electrons. The van der Waals surface area contributed by atoms with E-state index in [1.807, 2.05) is 6.92 Å². The standard InChI is InChI=1S/C39H43F3N6O6/c1-4-53-34(49)33(38-17-25-13-26(18-38)15-27(14-25)19-38)54-12-11-52-23-29-22-47(45-44-29)30-8-5-24(6-9-30)21-46-36(51)48(35(50)37(46,2)3)31-10-7-28(20-43)32(16-31)39(40,41)42/h5-10,16,22,25-27,33H,4,11-15,17-19,21,23H2,1-3H3. The Balaban J connectivity index is 0.939. The number of aromatic nitrogens is 3. The number of carbonyl (C=O) groups is 3. The summed E-state index contributed by atoms with van der Waals surface area (Å²) in [5.41, 5.74) is -1.67. The van der Waals surface area contributed by atoms with Crippen LogP contribution in [-0.4, -0.2) is 69.3 Å². The molecule has 4 saturated carbocycles. The Bertz CT molecular complexity index is 1920. The zero-order valence-corrected chi connectivity index (χ0v) is 30.5. The van der Waals surface area contributed by atoms with Crippen LogP contribution in [0.15, 0.2) is 48.7 Å². The van der Waals surface area contributed by atoms with E-state index < -0.39 is 40.9 Å². The van der Waals surface area contributed by atoms with Crippen molar-refractivity contribution in [1.29, 1.82) is 5.26 Å². The van der Waals surface area contributed by atoms with Gasteiger partial charge in [-0.2, -0.15) is 18.4 Å². The number of anilines is 1. The minimum atomic E-state index is -4.85. The minimum absolute atomic E-state index is 0.00909. The van der Waals surface area contributed by atoms with E-state index in [0.717, 1.165) is 36.3 Å². The molecule has 1 atom stereocenters. The van der Waals surface area contributed by atoms with Gasteiger partial charge in [-0.15, -0.1) is 5.10 Å². The fraction of sp³-hybridized carbons (Fsp3) is 0.538.